The van der Waals surface area contributed by atoms with E-state index >= 15 is 0 Å². The summed E-state index contributed by atoms with van der Waals surface area (Å²) < 4.78 is 10.6. The van der Waals surface area contributed by atoms with Crippen LogP contribution in [0.3, 0.4) is 0 Å². The number of ether oxygens (including phenoxy) is 2. The molecule has 0 aliphatic heterocycles. The molecule has 1 aromatic carbocycles. The first-order valence-corrected chi connectivity index (χ1v) is 6.31. The van der Waals surface area contributed by atoms with Gasteiger partial charge in [-0.05, 0) is 46.6 Å². The lowest BCUT2D eigenvalue weighted by atomic mass is 10.2. The molecule has 0 saturated carbocycles. The van der Waals surface area contributed by atoms with Gasteiger partial charge in [0.1, 0.15) is 5.75 Å². The highest BCUT2D eigenvalue weighted by Gasteiger charge is 2.06. The summed E-state index contributed by atoms with van der Waals surface area (Å²) in [6.45, 7) is 1.86. The molecular weight excluding hydrogens is 316 g/mol. The van der Waals surface area contributed by atoms with Gasteiger partial charge < -0.3 is 14.6 Å². The van der Waals surface area contributed by atoms with Crippen LogP contribution >= 0.6 is 15.9 Å². The monoisotopic (exact) mass is 328 g/mol. The highest BCUT2D eigenvalue weighted by atomic mass is 79.9. The Labute approximate surface area is 119 Å². The summed E-state index contributed by atoms with van der Waals surface area (Å²) in [7, 11) is 0. The zero-order valence-corrected chi connectivity index (χ0v) is 11.8. The van der Waals surface area contributed by atoms with E-state index in [2.05, 4.69) is 15.9 Å². The summed E-state index contributed by atoms with van der Waals surface area (Å²) in [5, 5.41) is 8.52. The SMILES string of the molecule is CCOC(=O)COc1ccc(/C=C/C(=O)O)cc1Br. The van der Waals surface area contributed by atoms with Gasteiger partial charge in [0.2, 0.25) is 0 Å². The molecule has 0 bridgehead atoms. The maximum absolute atomic E-state index is 11.1. The number of carboxylic acids is 1. The van der Waals surface area contributed by atoms with Crippen LogP contribution in [0, 0.1) is 0 Å². The second-order valence-corrected chi connectivity index (χ2v) is 4.31. The molecule has 0 unspecified atom stereocenters. The van der Waals surface area contributed by atoms with E-state index in [1.807, 2.05) is 0 Å². The largest absolute Gasteiger partial charge is 0.481 e. The van der Waals surface area contributed by atoms with Crippen LogP contribution in [0.25, 0.3) is 6.08 Å². The number of benzene rings is 1. The average Bonchev–Trinajstić information content (AvgIpc) is 2.35. The number of carbonyl (C=O) groups is 2. The van der Waals surface area contributed by atoms with E-state index in [-0.39, 0.29) is 6.61 Å². The van der Waals surface area contributed by atoms with E-state index in [0.717, 1.165) is 6.08 Å². The Balaban J connectivity index is 2.67. The lowest BCUT2D eigenvalue weighted by Crippen LogP contribution is -2.14. The molecule has 5 nitrogen and oxygen atoms in total. The highest BCUT2D eigenvalue weighted by molar-refractivity contribution is 9.10. The molecule has 0 saturated heterocycles. The van der Waals surface area contributed by atoms with Crippen molar-refractivity contribution in [2.75, 3.05) is 13.2 Å². The second-order valence-electron chi connectivity index (χ2n) is 3.46. The minimum atomic E-state index is -1.02. The zero-order valence-electron chi connectivity index (χ0n) is 10.3. The van der Waals surface area contributed by atoms with Crippen molar-refractivity contribution in [3.8, 4) is 5.75 Å². The molecule has 0 atom stereocenters. The number of rotatable bonds is 6. The Bertz CT molecular complexity index is 496. The van der Waals surface area contributed by atoms with E-state index in [4.69, 9.17) is 14.6 Å². The summed E-state index contributed by atoms with van der Waals surface area (Å²) in [5.74, 6) is -0.969. The van der Waals surface area contributed by atoms with Crippen LogP contribution < -0.4 is 4.74 Å². The quantitative estimate of drug-likeness (QED) is 0.641. The summed E-state index contributed by atoms with van der Waals surface area (Å²) >= 11 is 3.28. The molecule has 0 aliphatic carbocycles. The van der Waals surface area contributed by atoms with Gasteiger partial charge in [-0.3, -0.25) is 0 Å². The molecule has 0 aliphatic rings. The molecule has 0 radical (unpaired) electrons. The lowest BCUT2D eigenvalue weighted by Gasteiger charge is -2.08. The van der Waals surface area contributed by atoms with Gasteiger partial charge in [-0.25, -0.2) is 9.59 Å². The predicted octanol–water partition coefficient (Wildman–Crippen LogP) is 2.49. The maximum atomic E-state index is 11.1. The summed E-state index contributed by atoms with van der Waals surface area (Å²) in [4.78, 5) is 21.5. The number of halogens is 1. The maximum Gasteiger partial charge on any atom is 0.344 e. The third-order valence-electron chi connectivity index (χ3n) is 2.03. The van der Waals surface area contributed by atoms with Crippen molar-refractivity contribution in [3.05, 3.63) is 34.3 Å². The van der Waals surface area contributed by atoms with Crippen LogP contribution in [0.1, 0.15) is 12.5 Å². The van der Waals surface area contributed by atoms with Gasteiger partial charge >= 0.3 is 11.9 Å². The molecule has 6 heteroatoms. The summed E-state index contributed by atoms with van der Waals surface area (Å²) in [5.41, 5.74) is 0.706. The minimum Gasteiger partial charge on any atom is -0.481 e. The molecule has 0 spiro atoms. The predicted molar refractivity (Wildman–Crippen MR) is 72.9 cm³/mol. The summed E-state index contributed by atoms with van der Waals surface area (Å²) in [6.07, 6.45) is 2.50. The fourth-order valence-corrected chi connectivity index (χ4v) is 1.76. The molecule has 0 amide bonds. The van der Waals surface area contributed by atoms with Crippen LogP contribution in [0.2, 0.25) is 0 Å². The highest BCUT2D eigenvalue weighted by Crippen LogP contribution is 2.26. The van der Waals surface area contributed by atoms with Crippen molar-refractivity contribution in [1.82, 2.24) is 0 Å². The van der Waals surface area contributed by atoms with Crippen molar-refractivity contribution in [2.45, 2.75) is 6.92 Å². The van der Waals surface area contributed by atoms with Crippen LogP contribution in [0.4, 0.5) is 0 Å². The standard InChI is InChI=1S/C13H13BrO5/c1-2-18-13(17)8-19-11-5-3-9(7-10(11)14)4-6-12(15)16/h3-7H,2,8H2,1H3,(H,15,16)/b6-4+. The number of carbonyl (C=O) groups excluding carboxylic acids is 1. The van der Waals surface area contributed by atoms with Gasteiger partial charge in [0.25, 0.3) is 0 Å². The van der Waals surface area contributed by atoms with Crippen molar-refractivity contribution < 1.29 is 24.2 Å². The van der Waals surface area contributed by atoms with Gasteiger partial charge in [0.15, 0.2) is 6.61 Å². The van der Waals surface area contributed by atoms with E-state index in [9.17, 15) is 9.59 Å². The van der Waals surface area contributed by atoms with E-state index in [1.165, 1.54) is 6.08 Å². The first-order chi connectivity index (χ1) is 9.02. The third kappa shape index (κ3) is 5.56. The first kappa shape index (κ1) is 15.2. The Kier molecular flexibility index (Phi) is 6.08. The van der Waals surface area contributed by atoms with Crippen molar-refractivity contribution in [2.24, 2.45) is 0 Å². The van der Waals surface area contributed by atoms with Gasteiger partial charge in [-0.2, -0.15) is 0 Å². The van der Waals surface area contributed by atoms with E-state index in [1.54, 1.807) is 25.1 Å². The topological polar surface area (TPSA) is 72.8 Å². The van der Waals surface area contributed by atoms with Crippen molar-refractivity contribution in [3.63, 3.8) is 0 Å². The molecule has 1 aromatic rings. The van der Waals surface area contributed by atoms with E-state index < -0.39 is 11.9 Å². The zero-order chi connectivity index (χ0) is 14.3. The number of carboxylic acid groups (broad SMARTS) is 1. The number of hydrogen-bond acceptors (Lipinski definition) is 4. The smallest absolute Gasteiger partial charge is 0.344 e. The van der Waals surface area contributed by atoms with Gasteiger partial charge in [0.05, 0.1) is 11.1 Å². The molecule has 1 rings (SSSR count). The van der Waals surface area contributed by atoms with Gasteiger partial charge in [-0.1, -0.05) is 6.07 Å². The van der Waals surface area contributed by atoms with Crippen LogP contribution in [0.15, 0.2) is 28.7 Å². The Morgan fingerprint density at radius 2 is 2.16 bits per heavy atom. The number of aliphatic carboxylic acids is 1. The molecule has 1 N–H and O–H groups in total. The molecule has 0 heterocycles. The molecule has 102 valence electrons. The Morgan fingerprint density at radius 3 is 2.74 bits per heavy atom. The van der Waals surface area contributed by atoms with Crippen molar-refractivity contribution >= 4 is 33.9 Å². The fourth-order valence-electron chi connectivity index (χ4n) is 1.24. The minimum absolute atomic E-state index is 0.170. The molecule has 0 fully saturated rings. The molecule has 0 aromatic heterocycles. The van der Waals surface area contributed by atoms with Crippen LogP contribution in [0.5, 0.6) is 5.75 Å². The number of hydrogen-bond donors (Lipinski definition) is 1. The Morgan fingerprint density at radius 1 is 1.42 bits per heavy atom. The fraction of sp³-hybridized carbons (Fsp3) is 0.231. The number of esters is 1. The van der Waals surface area contributed by atoms with Crippen LogP contribution in [-0.2, 0) is 14.3 Å². The van der Waals surface area contributed by atoms with E-state index in [0.29, 0.717) is 22.4 Å². The third-order valence-corrected chi connectivity index (χ3v) is 2.64. The normalized spacial score (nSPS) is 10.4. The second kappa shape index (κ2) is 7.58. The van der Waals surface area contributed by atoms with Crippen molar-refractivity contribution in [1.29, 1.82) is 0 Å². The summed E-state index contributed by atoms with van der Waals surface area (Å²) in [6, 6.07) is 5.02. The average molecular weight is 329 g/mol. The molecular formula is C13H13BrO5. The van der Waals surface area contributed by atoms with Crippen LogP contribution in [-0.4, -0.2) is 30.3 Å². The first-order valence-electron chi connectivity index (χ1n) is 5.52. The van der Waals surface area contributed by atoms with Gasteiger partial charge in [0, 0.05) is 6.08 Å². The Hall–Kier alpha value is -1.82. The molecule has 19 heavy (non-hydrogen) atoms. The van der Waals surface area contributed by atoms with Gasteiger partial charge in [-0.15, -0.1) is 0 Å². The lowest BCUT2D eigenvalue weighted by molar-refractivity contribution is -0.145.